The van der Waals surface area contributed by atoms with Crippen LogP contribution in [0.15, 0.2) is 24.3 Å². The van der Waals surface area contributed by atoms with Crippen LogP contribution in [0.4, 0.5) is 5.69 Å². The molecule has 1 saturated carbocycles. The molecule has 1 aromatic rings. The van der Waals surface area contributed by atoms with E-state index in [9.17, 15) is 9.59 Å². The Morgan fingerprint density at radius 3 is 2.59 bits per heavy atom. The Morgan fingerprint density at radius 2 is 2.00 bits per heavy atom. The van der Waals surface area contributed by atoms with E-state index in [1.807, 2.05) is 6.92 Å². The lowest BCUT2D eigenvalue weighted by atomic mass is 9.74. The summed E-state index contributed by atoms with van der Waals surface area (Å²) in [5, 5.41) is 2.89. The molecule has 0 bridgehead atoms. The van der Waals surface area contributed by atoms with Crippen LogP contribution in [0.1, 0.15) is 49.9 Å². The van der Waals surface area contributed by atoms with Gasteiger partial charge in [0.25, 0.3) is 0 Å². The van der Waals surface area contributed by atoms with Crippen molar-refractivity contribution in [2.24, 2.45) is 11.7 Å². The van der Waals surface area contributed by atoms with Gasteiger partial charge < -0.3 is 15.8 Å². The summed E-state index contributed by atoms with van der Waals surface area (Å²) in [7, 11) is 0. The molecule has 0 spiro atoms. The minimum atomic E-state index is -0.451. The van der Waals surface area contributed by atoms with Crippen LogP contribution in [0.5, 0.6) is 0 Å². The molecular formula is C17H24N2O3. The number of amides is 1. The lowest BCUT2D eigenvalue weighted by Gasteiger charge is -2.37. The summed E-state index contributed by atoms with van der Waals surface area (Å²) in [5.41, 5.74) is 6.94. The molecule has 5 heteroatoms. The minimum absolute atomic E-state index is 0.0476. The van der Waals surface area contributed by atoms with Gasteiger partial charge in [0.05, 0.1) is 18.1 Å². The van der Waals surface area contributed by atoms with Crippen LogP contribution in [0.2, 0.25) is 0 Å². The van der Waals surface area contributed by atoms with Crippen LogP contribution in [0.3, 0.4) is 0 Å². The quantitative estimate of drug-likeness (QED) is 0.838. The molecule has 1 fully saturated rings. The number of carbonyl (C=O) groups is 2. The SMILES string of the molecule is CCOC(=O)c1ccc(NC(=O)C2CCCCC2(C)N)cc1. The number of carbonyl (C=O) groups excluding carboxylic acids is 2. The standard InChI is InChI=1S/C17H24N2O3/c1-3-22-16(21)12-7-9-13(10-8-12)19-15(20)14-6-4-5-11-17(14,2)18/h7-10,14H,3-6,11,18H2,1-2H3,(H,19,20). The van der Waals surface area contributed by atoms with Gasteiger partial charge in [-0.05, 0) is 51.0 Å². The van der Waals surface area contributed by atoms with Gasteiger partial charge in [-0.2, -0.15) is 0 Å². The maximum Gasteiger partial charge on any atom is 0.338 e. The van der Waals surface area contributed by atoms with E-state index in [1.54, 1.807) is 31.2 Å². The lowest BCUT2D eigenvalue weighted by molar-refractivity contribution is -0.122. The van der Waals surface area contributed by atoms with Crippen molar-refractivity contribution in [2.75, 3.05) is 11.9 Å². The van der Waals surface area contributed by atoms with Crippen LogP contribution < -0.4 is 11.1 Å². The molecule has 120 valence electrons. The zero-order valence-electron chi connectivity index (χ0n) is 13.2. The topological polar surface area (TPSA) is 81.4 Å². The van der Waals surface area contributed by atoms with Crippen molar-refractivity contribution < 1.29 is 14.3 Å². The molecule has 0 aromatic heterocycles. The second-order valence-corrected chi connectivity index (χ2v) is 6.09. The molecule has 2 unspecified atom stereocenters. The molecule has 0 heterocycles. The number of hydrogen-bond acceptors (Lipinski definition) is 4. The number of anilines is 1. The van der Waals surface area contributed by atoms with Gasteiger partial charge in [0.2, 0.25) is 5.91 Å². The van der Waals surface area contributed by atoms with E-state index in [-0.39, 0.29) is 17.8 Å². The van der Waals surface area contributed by atoms with Crippen LogP contribution in [0.25, 0.3) is 0 Å². The maximum absolute atomic E-state index is 12.4. The molecule has 2 atom stereocenters. The molecule has 0 saturated heterocycles. The average molecular weight is 304 g/mol. The molecule has 3 N–H and O–H groups in total. The Bertz CT molecular complexity index is 537. The summed E-state index contributed by atoms with van der Waals surface area (Å²) in [6.45, 7) is 4.05. The Morgan fingerprint density at radius 1 is 1.32 bits per heavy atom. The van der Waals surface area contributed by atoms with Gasteiger partial charge >= 0.3 is 5.97 Å². The first kappa shape index (κ1) is 16.5. The highest BCUT2D eigenvalue weighted by Gasteiger charge is 2.37. The maximum atomic E-state index is 12.4. The fourth-order valence-corrected chi connectivity index (χ4v) is 2.92. The second kappa shape index (κ2) is 6.92. The van der Waals surface area contributed by atoms with Crippen molar-refractivity contribution >= 4 is 17.6 Å². The third-order valence-electron chi connectivity index (χ3n) is 4.23. The highest BCUT2D eigenvalue weighted by atomic mass is 16.5. The highest BCUT2D eigenvalue weighted by Crippen LogP contribution is 2.32. The number of benzene rings is 1. The molecule has 1 aliphatic rings. The number of rotatable bonds is 4. The third-order valence-corrected chi connectivity index (χ3v) is 4.23. The molecular weight excluding hydrogens is 280 g/mol. The summed E-state index contributed by atoms with van der Waals surface area (Å²) in [4.78, 5) is 24.0. The Balaban J connectivity index is 2.01. The zero-order valence-corrected chi connectivity index (χ0v) is 13.2. The van der Waals surface area contributed by atoms with E-state index >= 15 is 0 Å². The zero-order chi connectivity index (χ0) is 16.2. The van der Waals surface area contributed by atoms with E-state index in [4.69, 9.17) is 10.5 Å². The van der Waals surface area contributed by atoms with Gasteiger partial charge in [-0.15, -0.1) is 0 Å². The number of hydrogen-bond donors (Lipinski definition) is 2. The van der Waals surface area contributed by atoms with Crippen molar-refractivity contribution in [3.8, 4) is 0 Å². The smallest absolute Gasteiger partial charge is 0.338 e. The summed E-state index contributed by atoms with van der Waals surface area (Å²) in [6, 6.07) is 6.72. The first-order valence-corrected chi connectivity index (χ1v) is 7.81. The summed E-state index contributed by atoms with van der Waals surface area (Å²) >= 11 is 0. The third kappa shape index (κ3) is 3.85. The van der Waals surface area contributed by atoms with Crippen molar-refractivity contribution in [3.63, 3.8) is 0 Å². The Labute approximate surface area is 131 Å². The number of ether oxygens (including phenoxy) is 1. The summed E-state index contributed by atoms with van der Waals surface area (Å²) < 4.78 is 4.93. The molecule has 1 aromatic carbocycles. The fraction of sp³-hybridized carbons (Fsp3) is 0.529. The van der Waals surface area contributed by atoms with E-state index in [0.717, 1.165) is 25.7 Å². The van der Waals surface area contributed by atoms with Gasteiger partial charge in [0, 0.05) is 11.2 Å². The Hall–Kier alpha value is -1.88. The molecule has 1 aliphatic carbocycles. The molecule has 5 nitrogen and oxygen atoms in total. The van der Waals surface area contributed by atoms with E-state index in [1.165, 1.54) is 0 Å². The first-order chi connectivity index (χ1) is 10.4. The van der Waals surface area contributed by atoms with Crippen LogP contribution in [-0.4, -0.2) is 24.0 Å². The van der Waals surface area contributed by atoms with E-state index in [2.05, 4.69) is 5.32 Å². The molecule has 2 rings (SSSR count). The molecule has 0 radical (unpaired) electrons. The molecule has 1 amide bonds. The number of nitrogens with two attached hydrogens (primary N) is 1. The molecule has 22 heavy (non-hydrogen) atoms. The Kier molecular flexibility index (Phi) is 5.19. The molecule has 0 aliphatic heterocycles. The normalized spacial score (nSPS) is 24.6. The monoisotopic (exact) mass is 304 g/mol. The van der Waals surface area contributed by atoms with Crippen LogP contribution in [-0.2, 0) is 9.53 Å². The number of esters is 1. The van der Waals surface area contributed by atoms with Crippen molar-refractivity contribution in [3.05, 3.63) is 29.8 Å². The predicted molar refractivity (Wildman–Crippen MR) is 85.6 cm³/mol. The minimum Gasteiger partial charge on any atom is -0.462 e. The van der Waals surface area contributed by atoms with Crippen molar-refractivity contribution in [2.45, 2.75) is 45.1 Å². The first-order valence-electron chi connectivity index (χ1n) is 7.81. The number of nitrogens with one attached hydrogen (secondary N) is 1. The van der Waals surface area contributed by atoms with E-state index in [0.29, 0.717) is 17.9 Å². The van der Waals surface area contributed by atoms with Crippen LogP contribution in [0, 0.1) is 5.92 Å². The van der Waals surface area contributed by atoms with Gasteiger partial charge in [-0.1, -0.05) is 12.8 Å². The van der Waals surface area contributed by atoms with E-state index < -0.39 is 5.54 Å². The predicted octanol–water partition coefficient (Wildman–Crippen LogP) is 2.71. The second-order valence-electron chi connectivity index (χ2n) is 6.09. The van der Waals surface area contributed by atoms with Gasteiger partial charge in [-0.3, -0.25) is 4.79 Å². The van der Waals surface area contributed by atoms with Gasteiger partial charge in [0.1, 0.15) is 0 Å². The van der Waals surface area contributed by atoms with Crippen LogP contribution >= 0.6 is 0 Å². The lowest BCUT2D eigenvalue weighted by Crippen LogP contribution is -2.51. The average Bonchev–Trinajstić information content (AvgIpc) is 2.47. The van der Waals surface area contributed by atoms with Crippen molar-refractivity contribution in [1.29, 1.82) is 0 Å². The highest BCUT2D eigenvalue weighted by molar-refractivity contribution is 5.94. The van der Waals surface area contributed by atoms with Gasteiger partial charge in [0.15, 0.2) is 0 Å². The van der Waals surface area contributed by atoms with Gasteiger partial charge in [-0.25, -0.2) is 4.79 Å². The largest absolute Gasteiger partial charge is 0.462 e. The fourth-order valence-electron chi connectivity index (χ4n) is 2.92. The van der Waals surface area contributed by atoms with Crippen molar-refractivity contribution in [1.82, 2.24) is 0 Å². The summed E-state index contributed by atoms with van der Waals surface area (Å²) in [5.74, 6) is -0.582. The summed E-state index contributed by atoms with van der Waals surface area (Å²) in [6.07, 6.45) is 3.80.